The average Bonchev–Trinajstić information content (AvgIpc) is 2.60. The van der Waals surface area contributed by atoms with E-state index in [0.717, 1.165) is 24.4 Å². The number of anilines is 1. The second kappa shape index (κ2) is 3.39. The van der Waals surface area contributed by atoms with Crippen molar-refractivity contribution in [2.24, 2.45) is 5.73 Å². The van der Waals surface area contributed by atoms with Crippen LogP contribution in [-0.4, -0.2) is 18.6 Å². The zero-order valence-electron chi connectivity index (χ0n) is 8.62. The molecule has 15 heavy (non-hydrogen) atoms. The van der Waals surface area contributed by atoms with E-state index in [1.165, 1.54) is 17.7 Å². The van der Waals surface area contributed by atoms with Crippen LogP contribution in [0.1, 0.15) is 18.4 Å². The largest absolute Gasteiger partial charge is 0.366 e. The van der Waals surface area contributed by atoms with Gasteiger partial charge in [-0.15, -0.1) is 0 Å². The van der Waals surface area contributed by atoms with E-state index in [1.807, 2.05) is 12.1 Å². The average molecular weight is 223 g/mol. The molecule has 0 saturated carbocycles. The maximum Gasteiger partial charge on any atom is 0.0482 e. The van der Waals surface area contributed by atoms with Gasteiger partial charge in [-0.2, -0.15) is 0 Å². The number of rotatable bonds is 0. The number of nitrogens with zero attached hydrogens (tertiary/aromatic N) is 1. The summed E-state index contributed by atoms with van der Waals surface area (Å²) in [4.78, 5) is 2.44. The monoisotopic (exact) mass is 222 g/mol. The number of nitrogens with two attached hydrogens (primary N) is 1. The Morgan fingerprint density at radius 1 is 1.40 bits per heavy atom. The molecule has 2 heterocycles. The Bertz CT molecular complexity index is 391. The van der Waals surface area contributed by atoms with Crippen molar-refractivity contribution in [3.63, 3.8) is 0 Å². The molecular formula is C12H15ClN2. The summed E-state index contributed by atoms with van der Waals surface area (Å²) in [6.07, 6.45) is 3.37. The smallest absolute Gasteiger partial charge is 0.0482 e. The van der Waals surface area contributed by atoms with Gasteiger partial charge in [0.1, 0.15) is 0 Å². The number of hydrogen-bond donors (Lipinski definition) is 1. The summed E-state index contributed by atoms with van der Waals surface area (Å²) in [7, 11) is 0. The first kappa shape index (κ1) is 9.49. The summed E-state index contributed by atoms with van der Waals surface area (Å²) < 4.78 is 0. The Hall–Kier alpha value is -0.730. The second-order valence-electron chi connectivity index (χ2n) is 4.51. The summed E-state index contributed by atoms with van der Waals surface area (Å²) in [6, 6.07) is 6.96. The van der Waals surface area contributed by atoms with Crippen LogP contribution in [0.25, 0.3) is 0 Å². The molecule has 2 N–H and O–H groups in total. The number of halogens is 1. The van der Waals surface area contributed by atoms with E-state index >= 15 is 0 Å². The zero-order chi connectivity index (χ0) is 10.4. The third-order valence-electron chi connectivity index (χ3n) is 3.65. The highest BCUT2D eigenvalue weighted by atomic mass is 35.5. The molecule has 2 unspecified atom stereocenters. The van der Waals surface area contributed by atoms with Crippen LogP contribution in [0.15, 0.2) is 18.2 Å². The van der Waals surface area contributed by atoms with Gasteiger partial charge < -0.3 is 10.6 Å². The fourth-order valence-corrected chi connectivity index (χ4v) is 3.12. The number of benzene rings is 1. The predicted octanol–water partition coefficient (Wildman–Crippen LogP) is 2.19. The van der Waals surface area contributed by atoms with Crippen LogP contribution >= 0.6 is 11.6 Å². The topological polar surface area (TPSA) is 29.3 Å². The fraction of sp³-hybridized carbons (Fsp3) is 0.500. The molecular weight excluding hydrogens is 208 g/mol. The fourth-order valence-electron chi connectivity index (χ4n) is 2.87. The molecule has 0 aromatic heterocycles. The van der Waals surface area contributed by atoms with Crippen LogP contribution in [0.5, 0.6) is 0 Å². The van der Waals surface area contributed by atoms with Crippen molar-refractivity contribution >= 4 is 17.3 Å². The van der Waals surface area contributed by atoms with E-state index < -0.39 is 0 Å². The zero-order valence-corrected chi connectivity index (χ0v) is 9.37. The van der Waals surface area contributed by atoms with E-state index in [4.69, 9.17) is 17.3 Å². The van der Waals surface area contributed by atoms with Gasteiger partial charge in [-0.3, -0.25) is 0 Å². The molecule has 0 amide bonds. The van der Waals surface area contributed by atoms with Crippen LogP contribution in [0, 0.1) is 0 Å². The third kappa shape index (κ3) is 1.35. The molecule has 2 aliphatic rings. The van der Waals surface area contributed by atoms with E-state index in [0.29, 0.717) is 12.1 Å². The maximum atomic E-state index is 6.21. The SMILES string of the molecule is NC1CCCN2c3cccc(Cl)c3CC12. The lowest BCUT2D eigenvalue weighted by Crippen LogP contribution is -2.50. The lowest BCUT2D eigenvalue weighted by atomic mass is 9.96. The van der Waals surface area contributed by atoms with Crippen molar-refractivity contribution < 1.29 is 0 Å². The molecule has 0 spiro atoms. The van der Waals surface area contributed by atoms with Gasteiger partial charge in [0, 0.05) is 29.3 Å². The van der Waals surface area contributed by atoms with Crippen molar-refractivity contribution in [3.05, 3.63) is 28.8 Å². The lowest BCUT2D eigenvalue weighted by Gasteiger charge is -2.36. The van der Waals surface area contributed by atoms with Gasteiger partial charge in [-0.05, 0) is 37.0 Å². The van der Waals surface area contributed by atoms with Gasteiger partial charge in [-0.25, -0.2) is 0 Å². The molecule has 1 aromatic carbocycles. The number of fused-ring (bicyclic) bond motifs is 3. The summed E-state index contributed by atoms with van der Waals surface area (Å²) in [5.74, 6) is 0. The van der Waals surface area contributed by atoms with Crippen molar-refractivity contribution in [1.82, 2.24) is 0 Å². The van der Waals surface area contributed by atoms with Gasteiger partial charge in [-0.1, -0.05) is 17.7 Å². The molecule has 3 rings (SSSR count). The van der Waals surface area contributed by atoms with Crippen LogP contribution in [0.4, 0.5) is 5.69 Å². The van der Waals surface area contributed by atoms with Gasteiger partial charge in [0.05, 0.1) is 0 Å². The molecule has 0 aliphatic carbocycles. The van der Waals surface area contributed by atoms with Crippen LogP contribution in [0.3, 0.4) is 0 Å². The highest BCUT2D eigenvalue weighted by Gasteiger charge is 2.36. The summed E-state index contributed by atoms with van der Waals surface area (Å²) in [5, 5.41) is 0.897. The quantitative estimate of drug-likeness (QED) is 0.729. The van der Waals surface area contributed by atoms with Crippen molar-refractivity contribution in [2.75, 3.05) is 11.4 Å². The Morgan fingerprint density at radius 2 is 2.27 bits per heavy atom. The predicted molar refractivity (Wildman–Crippen MR) is 63.5 cm³/mol. The van der Waals surface area contributed by atoms with E-state index in [9.17, 15) is 0 Å². The minimum absolute atomic E-state index is 0.308. The van der Waals surface area contributed by atoms with Crippen molar-refractivity contribution in [3.8, 4) is 0 Å². The normalized spacial score (nSPS) is 28.8. The highest BCUT2D eigenvalue weighted by molar-refractivity contribution is 6.31. The molecule has 80 valence electrons. The Kier molecular flexibility index (Phi) is 2.15. The molecule has 0 bridgehead atoms. The molecule has 3 heteroatoms. The Labute approximate surface area is 95.0 Å². The van der Waals surface area contributed by atoms with Gasteiger partial charge >= 0.3 is 0 Å². The molecule has 2 nitrogen and oxygen atoms in total. The molecule has 1 saturated heterocycles. The Balaban J connectivity index is 2.04. The summed E-state index contributed by atoms with van der Waals surface area (Å²) >= 11 is 6.21. The molecule has 1 fully saturated rings. The molecule has 2 aliphatic heterocycles. The summed E-state index contributed by atoms with van der Waals surface area (Å²) in [6.45, 7) is 1.13. The number of hydrogen-bond acceptors (Lipinski definition) is 2. The standard InChI is InChI=1S/C12H15ClN2/c13-9-3-1-5-11-8(9)7-12-10(14)4-2-6-15(11)12/h1,3,5,10,12H,2,4,6-7,14H2. The van der Waals surface area contributed by atoms with Crippen LogP contribution in [-0.2, 0) is 6.42 Å². The lowest BCUT2D eigenvalue weighted by molar-refractivity contribution is 0.415. The first-order chi connectivity index (χ1) is 7.27. The van der Waals surface area contributed by atoms with Gasteiger partial charge in [0.2, 0.25) is 0 Å². The minimum atomic E-state index is 0.308. The van der Waals surface area contributed by atoms with Crippen molar-refractivity contribution in [2.45, 2.75) is 31.3 Å². The molecule has 1 aromatic rings. The first-order valence-corrected chi connectivity index (χ1v) is 5.95. The number of piperidine rings is 1. The van der Waals surface area contributed by atoms with Crippen LogP contribution in [0.2, 0.25) is 5.02 Å². The van der Waals surface area contributed by atoms with E-state index in [-0.39, 0.29) is 0 Å². The maximum absolute atomic E-state index is 6.21. The van der Waals surface area contributed by atoms with Gasteiger partial charge in [0.15, 0.2) is 0 Å². The van der Waals surface area contributed by atoms with Gasteiger partial charge in [0.25, 0.3) is 0 Å². The second-order valence-corrected chi connectivity index (χ2v) is 4.92. The molecule has 0 radical (unpaired) electrons. The minimum Gasteiger partial charge on any atom is -0.366 e. The molecule has 2 atom stereocenters. The summed E-state index contributed by atoms with van der Waals surface area (Å²) in [5.41, 5.74) is 8.77. The Morgan fingerprint density at radius 3 is 3.13 bits per heavy atom. The van der Waals surface area contributed by atoms with Crippen molar-refractivity contribution in [1.29, 1.82) is 0 Å². The highest BCUT2D eigenvalue weighted by Crippen LogP contribution is 2.39. The first-order valence-electron chi connectivity index (χ1n) is 5.57. The third-order valence-corrected chi connectivity index (χ3v) is 4.00. The van der Waals surface area contributed by atoms with E-state index in [2.05, 4.69) is 11.0 Å². The van der Waals surface area contributed by atoms with Crippen LogP contribution < -0.4 is 10.6 Å². The van der Waals surface area contributed by atoms with E-state index in [1.54, 1.807) is 0 Å².